The summed E-state index contributed by atoms with van der Waals surface area (Å²) in [4.78, 5) is 23.5. The third kappa shape index (κ3) is 4.69. The van der Waals surface area contributed by atoms with E-state index >= 15 is 0 Å². The summed E-state index contributed by atoms with van der Waals surface area (Å²) in [6.45, 7) is 4.27. The Kier molecular flexibility index (Phi) is 6.40. The summed E-state index contributed by atoms with van der Waals surface area (Å²) in [5.74, 6) is -0.228. The zero-order valence-electron chi connectivity index (χ0n) is 16.6. The third-order valence-corrected chi connectivity index (χ3v) is 4.67. The summed E-state index contributed by atoms with van der Waals surface area (Å²) < 4.78 is 14.5. The van der Waals surface area contributed by atoms with Crippen LogP contribution < -0.4 is 16.0 Å². The first kappa shape index (κ1) is 20.7. The van der Waals surface area contributed by atoms with E-state index < -0.39 is 12.0 Å². The average molecular weight is 400 g/mol. The number of pyridine rings is 1. The van der Waals surface area contributed by atoms with E-state index in [1.54, 1.807) is 7.05 Å². The van der Waals surface area contributed by atoms with Crippen molar-refractivity contribution < 1.29 is 14.3 Å². The summed E-state index contributed by atoms with van der Waals surface area (Å²) in [5.41, 5.74) is 2.72. The molecule has 2 aromatic heterocycles. The van der Waals surface area contributed by atoms with Crippen molar-refractivity contribution >= 4 is 23.0 Å². The van der Waals surface area contributed by atoms with Gasteiger partial charge in [0.2, 0.25) is 5.95 Å². The van der Waals surface area contributed by atoms with E-state index in [-0.39, 0.29) is 23.6 Å². The highest BCUT2D eigenvalue weighted by atomic mass is 19.1. The average Bonchev–Trinajstić information content (AvgIpc) is 3.09. The maximum absolute atomic E-state index is 14.5. The molecular formula is C20H25FN6O2. The molecule has 3 rings (SSSR count). The molecule has 9 heteroatoms. The fourth-order valence-electron chi connectivity index (χ4n) is 3.15. The summed E-state index contributed by atoms with van der Waals surface area (Å²) >= 11 is 0. The second-order valence-electron chi connectivity index (χ2n) is 6.81. The van der Waals surface area contributed by atoms with Gasteiger partial charge in [-0.2, -0.15) is 0 Å². The Morgan fingerprint density at radius 1 is 1.38 bits per heavy atom. The summed E-state index contributed by atoms with van der Waals surface area (Å²) in [5, 5.41) is 18.0. The molecule has 0 fully saturated rings. The number of amides is 2. The summed E-state index contributed by atoms with van der Waals surface area (Å²) in [6, 6.07) is 6.21. The molecule has 2 heterocycles. The van der Waals surface area contributed by atoms with Crippen LogP contribution in [-0.4, -0.2) is 45.9 Å². The van der Waals surface area contributed by atoms with Gasteiger partial charge in [-0.25, -0.2) is 14.2 Å². The van der Waals surface area contributed by atoms with Crippen LogP contribution in [0.25, 0.3) is 22.3 Å². The van der Waals surface area contributed by atoms with Crippen LogP contribution in [0, 0.1) is 5.82 Å². The number of nitrogens with one attached hydrogen (secondary N) is 4. The first-order valence-electron chi connectivity index (χ1n) is 9.47. The van der Waals surface area contributed by atoms with E-state index in [0.717, 1.165) is 5.56 Å². The fraction of sp³-hybridized carbons (Fsp3) is 0.350. The quantitative estimate of drug-likeness (QED) is 0.391. The number of hydrogen-bond donors (Lipinski definition) is 5. The van der Waals surface area contributed by atoms with Crippen LogP contribution in [-0.2, 0) is 0 Å². The number of aliphatic hydroxyl groups excluding tert-OH is 1. The molecule has 0 saturated heterocycles. The lowest BCUT2D eigenvalue weighted by molar-refractivity contribution is 0.130. The molecule has 0 saturated carbocycles. The van der Waals surface area contributed by atoms with Gasteiger partial charge in [-0.3, -0.25) is 15.6 Å². The van der Waals surface area contributed by atoms with Gasteiger partial charge in [0, 0.05) is 18.3 Å². The molecule has 154 valence electrons. The van der Waals surface area contributed by atoms with Crippen LogP contribution in [0.15, 0.2) is 30.5 Å². The monoisotopic (exact) mass is 400 g/mol. The number of carbonyl (C=O) groups is 1. The molecular weight excluding hydrogens is 375 g/mol. The molecule has 2 amide bonds. The SMILES string of the molecule is CCNC(=O)Nc1nc2c(-c3ncccc3F)cc(C(C)CC(O)NC)cc2[nH]1. The van der Waals surface area contributed by atoms with Crippen molar-refractivity contribution in [3.05, 3.63) is 41.8 Å². The van der Waals surface area contributed by atoms with Crippen molar-refractivity contribution in [2.45, 2.75) is 32.4 Å². The Labute approximate surface area is 168 Å². The Bertz CT molecular complexity index is 1010. The molecule has 5 N–H and O–H groups in total. The highest BCUT2D eigenvalue weighted by Crippen LogP contribution is 2.33. The maximum atomic E-state index is 14.5. The van der Waals surface area contributed by atoms with E-state index in [9.17, 15) is 14.3 Å². The van der Waals surface area contributed by atoms with Gasteiger partial charge in [-0.1, -0.05) is 6.92 Å². The predicted octanol–water partition coefficient (Wildman–Crippen LogP) is 2.94. The Hall–Kier alpha value is -3.04. The number of anilines is 1. The second kappa shape index (κ2) is 8.97. The third-order valence-electron chi connectivity index (χ3n) is 4.67. The topological polar surface area (TPSA) is 115 Å². The number of carbonyl (C=O) groups excluding carboxylic acids is 1. The van der Waals surface area contributed by atoms with E-state index in [2.05, 4.69) is 30.9 Å². The van der Waals surface area contributed by atoms with Crippen molar-refractivity contribution in [3.8, 4) is 11.3 Å². The van der Waals surface area contributed by atoms with Gasteiger partial charge >= 0.3 is 6.03 Å². The maximum Gasteiger partial charge on any atom is 0.321 e. The van der Waals surface area contributed by atoms with E-state index in [4.69, 9.17) is 0 Å². The molecule has 29 heavy (non-hydrogen) atoms. The molecule has 0 aliphatic heterocycles. The van der Waals surface area contributed by atoms with E-state index in [0.29, 0.717) is 29.6 Å². The minimum absolute atomic E-state index is 0.0181. The van der Waals surface area contributed by atoms with Crippen LogP contribution in [0.5, 0.6) is 0 Å². The van der Waals surface area contributed by atoms with Crippen LogP contribution in [0.4, 0.5) is 15.1 Å². The first-order valence-corrected chi connectivity index (χ1v) is 9.47. The number of benzene rings is 1. The molecule has 3 aromatic rings. The minimum atomic E-state index is -0.660. The Morgan fingerprint density at radius 2 is 2.17 bits per heavy atom. The zero-order chi connectivity index (χ0) is 21.0. The number of hydrogen-bond acceptors (Lipinski definition) is 5. The van der Waals surface area contributed by atoms with Gasteiger partial charge in [0.15, 0.2) is 0 Å². The Balaban J connectivity index is 2.10. The predicted molar refractivity (Wildman–Crippen MR) is 110 cm³/mol. The van der Waals surface area contributed by atoms with Crippen molar-refractivity contribution in [2.24, 2.45) is 0 Å². The number of halogens is 1. The highest BCUT2D eigenvalue weighted by Gasteiger charge is 2.19. The number of urea groups is 1. The molecule has 0 radical (unpaired) electrons. The lowest BCUT2D eigenvalue weighted by Crippen LogP contribution is -2.28. The number of fused-ring (bicyclic) bond motifs is 1. The molecule has 0 bridgehead atoms. The van der Waals surface area contributed by atoms with Crippen molar-refractivity contribution in [1.82, 2.24) is 25.6 Å². The molecule has 0 aliphatic carbocycles. The van der Waals surface area contributed by atoms with Crippen molar-refractivity contribution in [3.63, 3.8) is 0 Å². The summed E-state index contributed by atoms with van der Waals surface area (Å²) in [7, 11) is 1.68. The lowest BCUT2D eigenvalue weighted by Gasteiger charge is -2.17. The van der Waals surface area contributed by atoms with Crippen molar-refractivity contribution in [2.75, 3.05) is 18.9 Å². The number of imidazole rings is 1. The second-order valence-corrected chi connectivity index (χ2v) is 6.81. The minimum Gasteiger partial charge on any atom is -0.379 e. The van der Waals surface area contributed by atoms with Crippen molar-refractivity contribution in [1.29, 1.82) is 0 Å². The van der Waals surface area contributed by atoms with Gasteiger partial charge in [0.1, 0.15) is 23.3 Å². The van der Waals surface area contributed by atoms with E-state index in [1.165, 1.54) is 18.3 Å². The first-order chi connectivity index (χ1) is 13.9. The number of aliphatic hydroxyl groups is 1. The van der Waals surface area contributed by atoms with Gasteiger partial charge in [0.05, 0.1) is 5.52 Å². The summed E-state index contributed by atoms with van der Waals surface area (Å²) in [6.07, 6.45) is 1.34. The van der Waals surface area contributed by atoms with E-state index in [1.807, 2.05) is 26.0 Å². The lowest BCUT2D eigenvalue weighted by atomic mass is 9.93. The molecule has 1 aromatic carbocycles. The van der Waals surface area contributed by atoms with Gasteiger partial charge < -0.3 is 15.4 Å². The number of rotatable bonds is 7. The standard InChI is InChI=1S/C20H25FN6O2/c1-4-23-20(29)27-19-25-15-10-12(11(2)8-16(28)22-3)9-13(18(15)26-19)17-14(21)6-5-7-24-17/h5-7,9-11,16,22,28H,4,8H2,1-3H3,(H3,23,25,26,27,29). The van der Waals surface area contributed by atoms with Gasteiger partial charge in [-0.05, 0) is 56.1 Å². The molecule has 8 nitrogen and oxygen atoms in total. The van der Waals surface area contributed by atoms with Crippen LogP contribution in [0.1, 0.15) is 31.7 Å². The normalized spacial score (nSPS) is 13.3. The largest absolute Gasteiger partial charge is 0.379 e. The Morgan fingerprint density at radius 3 is 2.86 bits per heavy atom. The van der Waals surface area contributed by atoms with Gasteiger partial charge in [-0.15, -0.1) is 0 Å². The van der Waals surface area contributed by atoms with Crippen LogP contribution >= 0.6 is 0 Å². The number of aromatic nitrogens is 3. The number of H-pyrrole nitrogens is 1. The van der Waals surface area contributed by atoms with Gasteiger partial charge in [0.25, 0.3) is 0 Å². The molecule has 0 spiro atoms. The molecule has 0 aliphatic rings. The highest BCUT2D eigenvalue weighted by molar-refractivity contribution is 5.95. The zero-order valence-corrected chi connectivity index (χ0v) is 16.6. The number of aromatic amines is 1. The van der Waals surface area contributed by atoms with Crippen LogP contribution in [0.3, 0.4) is 0 Å². The molecule has 2 unspecified atom stereocenters. The molecule has 2 atom stereocenters. The smallest absolute Gasteiger partial charge is 0.321 e. The number of nitrogens with zero attached hydrogens (tertiary/aromatic N) is 2. The van der Waals surface area contributed by atoms with Crippen LogP contribution in [0.2, 0.25) is 0 Å². The fourth-order valence-corrected chi connectivity index (χ4v) is 3.15.